The molecule has 0 saturated carbocycles. The lowest BCUT2D eigenvalue weighted by atomic mass is 10.1. The number of carbonyl (C=O) groups is 2. The minimum Gasteiger partial charge on any atom is -0.268 e. The van der Waals surface area contributed by atoms with Crippen molar-refractivity contribution in [2.24, 2.45) is 0 Å². The molecule has 1 heterocycles. The van der Waals surface area contributed by atoms with Crippen LogP contribution in [0.1, 0.15) is 23.6 Å². The molecule has 0 radical (unpaired) electrons. The highest BCUT2D eigenvalue weighted by atomic mass is 32.2. The Morgan fingerprint density at radius 2 is 1.76 bits per heavy atom. The Hall–Kier alpha value is -2.59. The van der Waals surface area contributed by atoms with Crippen molar-refractivity contribution in [3.8, 4) is 0 Å². The van der Waals surface area contributed by atoms with Crippen molar-refractivity contribution in [3.05, 3.63) is 81.8 Å². The van der Waals surface area contributed by atoms with E-state index in [2.05, 4.69) is 0 Å². The van der Waals surface area contributed by atoms with Crippen LogP contribution in [0.15, 0.2) is 65.1 Å². The highest BCUT2D eigenvalue weighted by molar-refractivity contribution is 8.18. The molecule has 1 saturated heterocycles. The van der Waals surface area contributed by atoms with E-state index in [1.807, 2.05) is 75.4 Å². The van der Waals surface area contributed by atoms with Gasteiger partial charge in [0.05, 0.1) is 10.6 Å². The second-order valence-corrected chi connectivity index (χ2v) is 7.10. The summed E-state index contributed by atoms with van der Waals surface area (Å²) < 4.78 is 0. The van der Waals surface area contributed by atoms with Gasteiger partial charge in [-0.05, 0) is 66.9 Å². The van der Waals surface area contributed by atoms with Crippen LogP contribution in [0.2, 0.25) is 0 Å². The van der Waals surface area contributed by atoms with E-state index in [-0.39, 0.29) is 11.1 Å². The van der Waals surface area contributed by atoms with Crippen molar-refractivity contribution in [3.63, 3.8) is 0 Å². The Bertz CT molecular complexity index is 897. The molecule has 0 aliphatic carbocycles. The van der Waals surface area contributed by atoms with Crippen molar-refractivity contribution in [2.75, 3.05) is 4.90 Å². The largest absolute Gasteiger partial charge is 0.298 e. The maximum absolute atomic E-state index is 12.8. The molecule has 25 heavy (non-hydrogen) atoms. The molecule has 0 atom stereocenters. The number of hydrogen-bond donors (Lipinski definition) is 0. The first-order valence-electron chi connectivity index (χ1n) is 8.04. The fraction of sp³-hybridized carbons (Fsp3) is 0.143. The molecule has 3 nitrogen and oxygen atoms in total. The van der Waals surface area contributed by atoms with Gasteiger partial charge in [-0.15, -0.1) is 0 Å². The van der Waals surface area contributed by atoms with Crippen LogP contribution in [-0.4, -0.2) is 11.1 Å². The fourth-order valence-corrected chi connectivity index (χ4v) is 3.58. The highest BCUT2D eigenvalue weighted by Gasteiger charge is 2.36. The van der Waals surface area contributed by atoms with Crippen molar-refractivity contribution >= 4 is 34.7 Å². The van der Waals surface area contributed by atoms with Gasteiger partial charge in [0.1, 0.15) is 0 Å². The van der Waals surface area contributed by atoms with Crippen LogP contribution in [0.25, 0.3) is 6.08 Å². The number of hydrogen-bond acceptors (Lipinski definition) is 3. The molecular weight excluding hydrogens is 330 g/mol. The van der Waals surface area contributed by atoms with E-state index in [1.54, 1.807) is 6.08 Å². The summed E-state index contributed by atoms with van der Waals surface area (Å²) in [7, 11) is 0. The SMILES string of the molecule is CC(/C=C1\SC(=O)N(c2cc(C)ccc2C)C1=O)=C\c1ccccc1. The van der Waals surface area contributed by atoms with Gasteiger partial charge in [0.2, 0.25) is 0 Å². The monoisotopic (exact) mass is 349 g/mol. The lowest BCUT2D eigenvalue weighted by Gasteiger charge is -2.16. The number of anilines is 1. The number of aryl methyl sites for hydroxylation is 2. The zero-order valence-corrected chi connectivity index (χ0v) is 15.3. The summed E-state index contributed by atoms with van der Waals surface area (Å²) in [5.41, 5.74) is 4.58. The first-order chi connectivity index (χ1) is 12.0. The van der Waals surface area contributed by atoms with Gasteiger partial charge in [-0.2, -0.15) is 0 Å². The molecule has 1 aliphatic rings. The van der Waals surface area contributed by atoms with Crippen LogP contribution >= 0.6 is 11.8 Å². The van der Waals surface area contributed by atoms with E-state index >= 15 is 0 Å². The molecule has 2 aromatic rings. The number of benzene rings is 2. The Morgan fingerprint density at radius 1 is 1.04 bits per heavy atom. The molecule has 0 N–H and O–H groups in total. The number of imide groups is 1. The summed E-state index contributed by atoms with van der Waals surface area (Å²) in [5, 5.41) is -0.252. The molecule has 0 bridgehead atoms. The van der Waals surface area contributed by atoms with Crippen molar-refractivity contribution in [2.45, 2.75) is 20.8 Å². The quantitative estimate of drug-likeness (QED) is 0.688. The number of thioether (sulfide) groups is 1. The van der Waals surface area contributed by atoms with E-state index in [4.69, 9.17) is 0 Å². The van der Waals surface area contributed by atoms with Gasteiger partial charge in [-0.25, -0.2) is 4.90 Å². The number of allylic oxidation sites excluding steroid dienone is 2. The summed E-state index contributed by atoms with van der Waals surface area (Å²) >= 11 is 0.988. The molecule has 2 aromatic carbocycles. The molecular formula is C21H19NO2S. The minimum atomic E-state index is -0.260. The molecule has 126 valence electrons. The third kappa shape index (κ3) is 3.74. The van der Waals surface area contributed by atoms with Crippen LogP contribution in [-0.2, 0) is 4.79 Å². The summed E-state index contributed by atoms with van der Waals surface area (Å²) in [6.45, 7) is 5.78. The van der Waals surface area contributed by atoms with E-state index in [0.717, 1.165) is 34.0 Å². The first kappa shape index (κ1) is 17.2. The fourth-order valence-electron chi connectivity index (χ4n) is 2.70. The minimum absolute atomic E-state index is 0.252. The molecule has 0 aromatic heterocycles. The van der Waals surface area contributed by atoms with Gasteiger partial charge in [-0.3, -0.25) is 9.59 Å². The Kier molecular flexibility index (Phi) is 4.91. The van der Waals surface area contributed by atoms with Crippen LogP contribution in [0.5, 0.6) is 0 Å². The second kappa shape index (κ2) is 7.11. The van der Waals surface area contributed by atoms with Gasteiger partial charge >= 0.3 is 0 Å². The first-order valence-corrected chi connectivity index (χ1v) is 8.86. The average Bonchev–Trinajstić information content (AvgIpc) is 2.84. The Labute approximate surface area is 152 Å². The van der Waals surface area contributed by atoms with E-state index in [0.29, 0.717) is 10.6 Å². The molecule has 2 amide bonds. The van der Waals surface area contributed by atoms with Crippen LogP contribution in [0.4, 0.5) is 10.5 Å². The molecule has 1 aliphatic heterocycles. The van der Waals surface area contributed by atoms with Crippen LogP contribution in [0.3, 0.4) is 0 Å². The van der Waals surface area contributed by atoms with Gasteiger partial charge in [0.15, 0.2) is 0 Å². The lowest BCUT2D eigenvalue weighted by molar-refractivity contribution is -0.113. The Morgan fingerprint density at radius 3 is 2.48 bits per heavy atom. The third-order valence-corrected chi connectivity index (χ3v) is 4.82. The maximum Gasteiger partial charge on any atom is 0.298 e. The number of amides is 2. The maximum atomic E-state index is 12.8. The second-order valence-electron chi connectivity index (χ2n) is 6.11. The lowest BCUT2D eigenvalue weighted by Crippen LogP contribution is -2.28. The smallest absolute Gasteiger partial charge is 0.268 e. The summed E-state index contributed by atoms with van der Waals surface area (Å²) in [6, 6.07) is 15.7. The van der Waals surface area contributed by atoms with Crippen LogP contribution in [0, 0.1) is 13.8 Å². The van der Waals surface area contributed by atoms with Crippen LogP contribution < -0.4 is 4.90 Å². The summed E-state index contributed by atoms with van der Waals surface area (Å²) in [6.07, 6.45) is 3.77. The zero-order valence-electron chi connectivity index (χ0n) is 14.4. The predicted octanol–water partition coefficient (Wildman–Crippen LogP) is 5.49. The molecule has 0 unspecified atom stereocenters. The van der Waals surface area contributed by atoms with Gasteiger partial charge in [-0.1, -0.05) is 48.5 Å². The average molecular weight is 349 g/mol. The van der Waals surface area contributed by atoms with Gasteiger partial charge < -0.3 is 0 Å². The molecule has 4 heteroatoms. The standard InChI is InChI=1S/C21H19NO2S/c1-14-9-10-16(3)18(12-14)22-20(23)19(25-21(22)24)13-15(2)11-17-7-5-4-6-8-17/h4-13H,1-3H3/b15-11+,19-13-. The predicted molar refractivity (Wildman–Crippen MR) is 105 cm³/mol. The molecule has 1 fully saturated rings. The van der Waals surface area contributed by atoms with Crippen molar-refractivity contribution in [1.29, 1.82) is 0 Å². The van der Waals surface area contributed by atoms with Gasteiger partial charge in [0, 0.05) is 0 Å². The third-order valence-electron chi connectivity index (χ3n) is 3.95. The number of nitrogens with zero attached hydrogens (tertiary/aromatic N) is 1. The normalized spacial score (nSPS) is 16.8. The summed E-state index contributed by atoms with van der Waals surface area (Å²) in [5.74, 6) is -0.260. The molecule has 3 rings (SSSR count). The van der Waals surface area contributed by atoms with E-state index < -0.39 is 0 Å². The Balaban J connectivity index is 1.91. The van der Waals surface area contributed by atoms with E-state index in [9.17, 15) is 9.59 Å². The summed E-state index contributed by atoms with van der Waals surface area (Å²) in [4.78, 5) is 26.9. The van der Waals surface area contributed by atoms with Crippen molar-refractivity contribution in [1.82, 2.24) is 0 Å². The highest BCUT2D eigenvalue weighted by Crippen LogP contribution is 2.37. The molecule has 0 spiro atoms. The number of rotatable bonds is 3. The number of carbonyl (C=O) groups excluding carboxylic acids is 2. The van der Waals surface area contributed by atoms with E-state index in [1.165, 1.54) is 4.90 Å². The topological polar surface area (TPSA) is 37.4 Å². The van der Waals surface area contributed by atoms with Gasteiger partial charge in [0.25, 0.3) is 11.1 Å². The zero-order chi connectivity index (χ0) is 18.0. The van der Waals surface area contributed by atoms with Crippen molar-refractivity contribution < 1.29 is 9.59 Å².